The van der Waals surface area contributed by atoms with Crippen molar-refractivity contribution in [3.63, 3.8) is 0 Å². The summed E-state index contributed by atoms with van der Waals surface area (Å²) < 4.78 is 1.79. The minimum atomic E-state index is -0.837. The van der Waals surface area contributed by atoms with Gasteiger partial charge < -0.3 is 10.0 Å². The van der Waals surface area contributed by atoms with Crippen LogP contribution in [0.3, 0.4) is 0 Å². The van der Waals surface area contributed by atoms with Crippen molar-refractivity contribution in [1.29, 1.82) is 0 Å². The monoisotopic (exact) mass is 320 g/mol. The molecule has 3 heterocycles. The Morgan fingerprint density at radius 2 is 2.08 bits per heavy atom. The van der Waals surface area contributed by atoms with Crippen LogP contribution >= 0.6 is 0 Å². The third-order valence-electron chi connectivity index (χ3n) is 4.13. The molecule has 6 nitrogen and oxygen atoms in total. The van der Waals surface area contributed by atoms with Crippen LogP contribution in [-0.2, 0) is 11.3 Å². The summed E-state index contributed by atoms with van der Waals surface area (Å²) in [5, 5.41) is 13.8. The molecule has 4 rings (SSSR count). The largest absolute Gasteiger partial charge is 0.481 e. The number of carboxylic acids is 1. The fraction of sp³-hybridized carbons (Fsp3) is 0.167. The molecule has 2 aliphatic rings. The van der Waals surface area contributed by atoms with Crippen LogP contribution in [0.25, 0.3) is 17.0 Å². The number of allylic oxidation sites excluding steroid dienone is 3. The van der Waals surface area contributed by atoms with Crippen LogP contribution in [0.5, 0.6) is 0 Å². The van der Waals surface area contributed by atoms with E-state index in [2.05, 4.69) is 5.10 Å². The van der Waals surface area contributed by atoms with Gasteiger partial charge in [0.2, 0.25) is 0 Å². The molecule has 24 heavy (non-hydrogen) atoms. The molecule has 2 aliphatic heterocycles. The highest BCUT2D eigenvalue weighted by molar-refractivity contribution is 5.84. The molecule has 1 N–H and O–H groups in total. The number of aliphatic carboxylic acids is 1. The second-order valence-electron chi connectivity index (χ2n) is 5.89. The van der Waals surface area contributed by atoms with Crippen LogP contribution in [0.1, 0.15) is 12.2 Å². The molecule has 1 aromatic heterocycles. The lowest BCUT2D eigenvalue weighted by molar-refractivity contribution is -0.136. The van der Waals surface area contributed by atoms with Crippen molar-refractivity contribution in [2.24, 2.45) is 0 Å². The summed E-state index contributed by atoms with van der Waals surface area (Å²) >= 11 is 0. The van der Waals surface area contributed by atoms with Crippen molar-refractivity contribution in [3.05, 3.63) is 65.8 Å². The number of benzene rings is 1. The second-order valence-corrected chi connectivity index (χ2v) is 5.89. The SMILES string of the molecule is CN1C=CC2=C(CC(=O)O)Cn3nc(-c4ccccc4)nc3C2=C1. The first-order valence-corrected chi connectivity index (χ1v) is 7.68. The zero-order valence-electron chi connectivity index (χ0n) is 13.2. The second kappa shape index (κ2) is 5.49. The number of hydrogen-bond donors (Lipinski definition) is 1. The van der Waals surface area contributed by atoms with Gasteiger partial charge in [-0.05, 0) is 17.2 Å². The van der Waals surface area contributed by atoms with Crippen molar-refractivity contribution in [1.82, 2.24) is 19.7 Å². The van der Waals surface area contributed by atoms with Crippen LogP contribution in [0.15, 0.2) is 60.0 Å². The van der Waals surface area contributed by atoms with Gasteiger partial charge in [0.25, 0.3) is 0 Å². The summed E-state index contributed by atoms with van der Waals surface area (Å²) in [6.45, 7) is 0.447. The van der Waals surface area contributed by atoms with Gasteiger partial charge in [-0.3, -0.25) is 4.79 Å². The summed E-state index contributed by atoms with van der Waals surface area (Å²) in [5.74, 6) is 0.588. The Morgan fingerprint density at radius 3 is 2.83 bits per heavy atom. The van der Waals surface area contributed by atoms with Crippen molar-refractivity contribution < 1.29 is 9.90 Å². The quantitative estimate of drug-likeness (QED) is 0.941. The molecule has 2 aromatic rings. The van der Waals surface area contributed by atoms with E-state index in [-0.39, 0.29) is 6.42 Å². The summed E-state index contributed by atoms with van der Waals surface area (Å²) in [6.07, 6.45) is 5.84. The topological polar surface area (TPSA) is 71.2 Å². The molecular weight excluding hydrogens is 304 g/mol. The zero-order valence-corrected chi connectivity index (χ0v) is 13.2. The first kappa shape index (κ1) is 14.4. The standard InChI is InChI=1S/C18H16N4O2/c1-21-8-7-14-13(9-16(23)24)10-22-18(15(14)11-21)19-17(20-22)12-5-3-2-4-6-12/h2-8,11H,9-10H2,1H3,(H,23,24). The van der Waals surface area contributed by atoms with Gasteiger partial charge in [0.15, 0.2) is 11.6 Å². The third-order valence-corrected chi connectivity index (χ3v) is 4.13. The highest BCUT2D eigenvalue weighted by Gasteiger charge is 2.28. The van der Waals surface area contributed by atoms with Crippen LogP contribution in [0, 0.1) is 0 Å². The van der Waals surface area contributed by atoms with Crippen LogP contribution in [0.4, 0.5) is 0 Å². The smallest absolute Gasteiger partial charge is 0.307 e. The van der Waals surface area contributed by atoms with Gasteiger partial charge >= 0.3 is 5.97 Å². The maximum Gasteiger partial charge on any atom is 0.307 e. The Bertz CT molecular complexity index is 906. The predicted octanol–water partition coefficient (Wildman–Crippen LogP) is 2.53. The zero-order chi connectivity index (χ0) is 16.7. The van der Waals surface area contributed by atoms with E-state index < -0.39 is 5.97 Å². The normalized spacial score (nSPS) is 15.9. The maximum atomic E-state index is 11.2. The molecule has 0 fully saturated rings. The van der Waals surface area contributed by atoms with Gasteiger partial charge in [-0.15, -0.1) is 0 Å². The minimum absolute atomic E-state index is 0.000692. The summed E-state index contributed by atoms with van der Waals surface area (Å²) in [7, 11) is 1.94. The van der Waals surface area contributed by atoms with Gasteiger partial charge in [0.05, 0.1) is 13.0 Å². The number of rotatable bonds is 3. The first-order chi connectivity index (χ1) is 11.6. The molecule has 0 radical (unpaired) electrons. The van der Waals surface area contributed by atoms with Crippen LogP contribution < -0.4 is 0 Å². The van der Waals surface area contributed by atoms with E-state index >= 15 is 0 Å². The molecule has 0 amide bonds. The molecule has 120 valence electrons. The predicted molar refractivity (Wildman–Crippen MR) is 89.6 cm³/mol. The molecule has 0 spiro atoms. The van der Waals surface area contributed by atoms with E-state index in [0.717, 1.165) is 28.1 Å². The number of fused-ring (bicyclic) bond motifs is 3. The van der Waals surface area contributed by atoms with Crippen LogP contribution in [-0.4, -0.2) is 37.8 Å². The van der Waals surface area contributed by atoms with Crippen molar-refractivity contribution in [2.45, 2.75) is 13.0 Å². The van der Waals surface area contributed by atoms with E-state index in [1.165, 1.54) is 0 Å². The number of carbonyl (C=O) groups is 1. The minimum Gasteiger partial charge on any atom is -0.481 e. The van der Waals surface area contributed by atoms with E-state index in [1.54, 1.807) is 4.68 Å². The fourth-order valence-corrected chi connectivity index (χ4v) is 3.05. The van der Waals surface area contributed by atoms with Crippen LogP contribution in [0.2, 0.25) is 0 Å². The lowest BCUT2D eigenvalue weighted by atomic mass is 9.93. The highest BCUT2D eigenvalue weighted by atomic mass is 16.4. The average molecular weight is 320 g/mol. The molecule has 0 aliphatic carbocycles. The van der Waals surface area contributed by atoms with E-state index in [1.807, 2.05) is 60.8 Å². The number of nitrogens with zero attached hydrogens (tertiary/aromatic N) is 4. The molecular formula is C18H16N4O2. The lowest BCUT2D eigenvalue weighted by Crippen LogP contribution is -2.20. The van der Waals surface area contributed by atoms with Gasteiger partial charge in [-0.2, -0.15) is 5.10 Å². The number of hydrogen-bond acceptors (Lipinski definition) is 4. The molecule has 6 heteroatoms. The molecule has 0 unspecified atom stereocenters. The Hall–Kier alpha value is -3.15. The average Bonchev–Trinajstić information content (AvgIpc) is 2.99. The molecule has 1 aromatic carbocycles. The van der Waals surface area contributed by atoms with E-state index in [0.29, 0.717) is 12.4 Å². The first-order valence-electron chi connectivity index (χ1n) is 7.68. The Balaban J connectivity index is 1.82. The van der Waals surface area contributed by atoms with Gasteiger partial charge in [-0.1, -0.05) is 30.3 Å². The lowest BCUT2D eigenvalue weighted by Gasteiger charge is -2.25. The Morgan fingerprint density at radius 1 is 1.29 bits per heavy atom. The number of aromatic nitrogens is 3. The van der Waals surface area contributed by atoms with Crippen molar-refractivity contribution >= 4 is 11.5 Å². The van der Waals surface area contributed by atoms with Crippen molar-refractivity contribution in [2.75, 3.05) is 7.05 Å². The van der Waals surface area contributed by atoms with E-state index in [9.17, 15) is 9.90 Å². The van der Waals surface area contributed by atoms with Gasteiger partial charge in [-0.25, -0.2) is 9.67 Å². The summed E-state index contributed by atoms with van der Waals surface area (Å²) in [5.41, 5.74) is 3.64. The molecule has 0 saturated carbocycles. The number of carboxylic acid groups (broad SMARTS) is 1. The van der Waals surface area contributed by atoms with E-state index in [4.69, 9.17) is 4.98 Å². The van der Waals surface area contributed by atoms with Gasteiger partial charge in [0.1, 0.15) is 0 Å². The third kappa shape index (κ3) is 2.42. The van der Waals surface area contributed by atoms with Gasteiger partial charge in [0, 0.05) is 30.6 Å². The maximum absolute atomic E-state index is 11.2. The fourth-order valence-electron chi connectivity index (χ4n) is 3.05. The summed E-state index contributed by atoms with van der Waals surface area (Å²) in [4.78, 5) is 17.8. The Labute approximate surface area is 139 Å². The van der Waals surface area contributed by atoms with Crippen molar-refractivity contribution in [3.8, 4) is 11.4 Å². The highest BCUT2D eigenvalue weighted by Crippen LogP contribution is 2.36. The molecule has 0 saturated heterocycles. The summed E-state index contributed by atoms with van der Waals surface area (Å²) in [6, 6.07) is 9.79. The Kier molecular flexibility index (Phi) is 3.30. The molecule has 0 atom stereocenters. The molecule has 0 bridgehead atoms.